The first-order chi connectivity index (χ1) is 18.1. The first kappa shape index (κ1) is 27.7. The van der Waals surface area contributed by atoms with Gasteiger partial charge in [-0.25, -0.2) is 0 Å². The van der Waals surface area contributed by atoms with Gasteiger partial charge in [0.05, 0.1) is 13.2 Å². The van der Waals surface area contributed by atoms with Gasteiger partial charge in [-0.3, -0.25) is 38.6 Å². The Bertz CT molecular complexity index is 1270. The first-order valence-electron chi connectivity index (χ1n) is 12.0. The number of thioether (sulfide) groups is 2. The van der Waals surface area contributed by atoms with Crippen LogP contribution in [0.1, 0.15) is 37.0 Å². The number of ether oxygens (including phenoxy) is 2. The van der Waals surface area contributed by atoms with E-state index >= 15 is 0 Å². The second kappa shape index (κ2) is 10.8. The molecule has 2 aliphatic heterocycles. The molecule has 0 saturated carbocycles. The van der Waals surface area contributed by atoms with E-state index in [-0.39, 0.29) is 32.5 Å². The number of hydrogen-bond donors (Lipinski definition) is 0. The molecule has 4 rings (SSSR count). The smallest absolute Gasteiger partial charge is 0.326 e. The van der Waals surface area contributed by atoms with Crippen LogP contribution in [0.3, 0.4) is 0 Å². The van der Waals surface area contributed by atoms with E-state index in [1.807, 2.05) is 18.2 Å². The maximum Gasteiger partial charge on any atom is 0.326 e. The molecule has 1 aromatic carbocycles. The van der Waals surface area contributed by atoms with Crippen LogP contribution < -0.4 is 0 Å². The Morgan fingerprint density at radius 2 is 1.50 bits per heavy atom. The van der Waals surface area contributed by atoms with Crippen molar-refractivity contribution in [3.63, 3.8) is 0 Å². The molecule has 1 aliphatic carbocycles. The molecule has 1 spiro atoms. The van der Waals surface area contributed by atoms with Gasteiger partial charge in [0, 0.05) is 6.42 Å². The molecule has 2 atom stereocenters. The van der Waals surface area contributed by atoms with Gasteiger partial charge in [-0.05, 0) is 73.3 Å². The SMILES string of the molecule is C#CCC1(Cc2ccc3c(c2)CC2(C3)SC(=O)N(CC(=O)OCC)C2=O)SC(=O)N(CC(=O)OCC)C1=O. The number of esters is 2. The summed E-state index contributed by atoms with van der Waals surface area (Å²) in [7, 11) is 0. The molecule has 0 radical (unpaired) electrons. The van der Waals surface area contributed by atoms with Crippen molar-refractivity contribution in [2.24, 2.45) is 0 Å². The lowest BCUT2D eigenvalue weighted by molar-refractivity contribution is -0.147. The summed E-state index contributed by atoms with van der Waals surface area (Å²) in [4.78, 5) is 77.4. The Morgan fingerprint density at radius 1 is 0.921 bits per heavy atom. The topological polar surface area (TPSA) is 127 Å². The Hall–Kier alpha value is -3.30. The summed E-state index contributed by atoms with van der Waals surface area (Å²) in [6.07, 6.45) is 6.29. The minimum absolute atomic E-state index is 0.0196. The second-order valence-corrected chi connectivity index (χ2v) is 11.8. The van der Waals surface area contributed by atoms with Gasteiger partial charge in [0.15, 0.2) is 0 Å². The van der Waals surface area contributed by atoms with E-state index in [9.17, 15) is 28.8 Å². The fraction of sp³-hybridized carbons (Fsp3) is 0.462. The van der Waals surface area contributed by atoms with Crippen molar-refractivity contribution in [1.82, 2.24) is 9.80 Å². The summed E-state index contributed by atoms with van der Waals surface area (Å²) in [5.41, 5.74) is 2.46. The van der Waals surface area contributed by atoms with Crippen LogP contribution in [0.5, 0.6) is 0 Å². The van der Waals surface area contributed by atoms with Gasteiger partial charge in [-0.2, -0.15) is 0 Å². The van der Waals surface area contributed by atoms with Crippen molar-refractivity contribution in [3.8, 4) is 12.3 Å². The molecular weight excluding hydrogens is 532 g/mol. The van der Waals surface area contributed by atoms with Gasteiger partial charge in [0.25, 0.3) is 10.5 Å². The minimum atomic E-state index is -1.27. The van der Waals surface area contributed by atoms with Crippen LogP contribution in [0.4, 0.5) is 9.59 Å². The highest BCUT2D eigenvalue weighted by atomic mass is 32.2. The van der Waals surface area contributed by atoms with E-state index in [1.165, 1.54) is 0 Å². The standard InChI is InChI=1S/C26H26N2O8S2/c1-4-9-25(21(31)27(23(33)37-25)14-19(29)35-5-2)11-16-7-8-17-12-26(13-18(17)10-16)22(32)28(24(34)38-26)15-20(30)36-6-3/h1,7-8,10H,5-6,9,11-15H2,2-3H3. The molecule has 38 heavy (non-hydrogen) atoms. The lowest BCUT2D eigenvalue weighted by atomic mass is 9.92. The molecule has 2 heterocycles. The van der Waals surface area contributed by atoms with Crippen LogP contribution in [-0.2, 0) is 47.9 Å². The molecule has 2 fully saturated rings. The summed E-state index contributed by atoms with van der Waals surface area (Å²) in [6.45, 7) is 2.65. The van der Waals surface area contributed by atoms with Crippen LogP contribution in [0.2, 0.25) is 0 Å². The molecule has 1 aromatic rings. The predicted molar refractivity (Wildman–Crippen MR) is 139 cm³/mol. The third kappa shape index (κ3) is 5.05. The van der Waals surface area contributed by atoms with Gasteiger partial charge in [-0.1, -0.05) is 18.2 Å². The van der Waals surface area contributed by atoms with Crippen LogP contribution in [0, 0.1) is 12.3 Å². The number of carbonyl (C=O) groups excluding carboxylic acids is 6. The van der Waals surface area contributed by atoms with E-state index in [0.29, 0.717) is 6.42 Å². The van der Waals surface area contributed by atoms with Gasteiger partial charge >= 0.3 is 11.9 Å². The largest absolute Gasteiger partial charge is 0.465 e. The number of benzene rings is 1. The minimum Gasteiger partial charge on any atom is -0.465 e. The Kier molecular flexibility index (Phi) is 7.90. The lowest BCUT2D eigenvalue weighted by Gasteiger charge is -2.23. The van der Waals surface area contributed by atoms with Crippen molar-refractivity contribution in [1.29, 1.82) is 0 Å². The van der Waals surface area contributed by atoms with Crippen LogP contribution in [0.25, 0.3) is 0 Å². The summed E-state index contributed by atoms with van der Waals surface area (Å²) < 4.78 is 7.46. The molecule has 200 valence electrons. The van der Waals surface area contributed by atoms with E-state index in [0.717, 1.165) is 50.0 Å². The van der Waals surface area contributed by atoms with Crippen molar-refractivity contribution >= 4 is 57.8 Å². The molecule has 3 aliphatic rings. The zero-order valence-corrected chi connectivity index (χ0v) is 22.6. The number of terminal acetylenes is 1. The van der Waals surface area contributed by atoms with Crippen molar-refractivity contribution in [2.75, 3.05) is 26.3 Å². The zero-order chi connectivity index (χ0) is 27.7. The summed E-state index contributed by atoms with van der Waals surface area (Å²) in [6, 6.07) is 5.52. The van der Waals surface area contributed by atoms with Crippen molar-refractivity contribution in [2.45, 2.75) is 49.0 Å². The molecule has 4 amide bonds. The average Bonchev–Trinajstić information content (AvgIpc) is 3.40. The van der Waals surface area contributed by atoms with Crippen molar-refractivity contribution < 1.29 is 38.2 Å². The maximum atomic E-state index is 13.3. The Morgan fingerprint density at radius 3 is 2.11 bits per heavy atom. The molecule has 2 unspecified atom stereocenters. The fourth-order valence-corrected chi connectivity index (χ4v) is 7.37. The fourth-order valence-electron chi connectivity index (χ4n) is 4.94. The van der Waals surface area contributed by atoms with Gasteiger partial charge in [0.1, 0.15) is 22.6 Å². The summed E-state index contributed by atoms with van der Waals surface area (Å²) >= 11 is 1.72. The summed E-state index contributed by atoms with van der Waals surface area (Å²) in [5, 5.41) is -1.05. The molecule has 0 N–H and O–H groups in total. The number of rotatable bonds is 9. The highest BCUT2D eigenvalue weighted by molar-refractivity contribution is 8.16. The number of fused-ring (bicyclic) bond motifs is 1. The third-order valence-electron chi connectivity index (χ3n) is 6.56. The molecule has 2 saturated heterocycles. The zero-order valence-electron chi connectivity index (χ0n) is 20.9. The predicted octanol–water partition coefficient (Wildman–Crippen LogP) is 2.35. The second-order valence-electron chi connectivity index (χ2n) is 9.13. The maximum absolute atomic E-state index is 13.3. The molecule has 0 bridgehead atoms. The van der Waals surface area contributed by atoms with Gasteiger partial charge < -0.3 is 9.47 Å². The Balaban J connectivity index is 1.53. The average molecular weight is 559 g/mol. The van der Waals surface area contributed by atoms with E-state index < -0.39 is 56.8 Å². The monoisotopic (exact) mass is 558 g/mol. The number of carbonyl (C=O) groups is 6. The van der Waals surface area contributed by atoms with Crippen molar-refractivity contribution in [3.05, 3.63) is 34.9 Å². The molecule has 10 nitrogen and oxygen atoms in total. The first-order valence-corrected chi connectivity index (χ1v) is 13.7. The number of nitrogens with zero attached hydrogens (tertiary/aromatic N) is 2. The van der Waals surface area contributed by atoms with E-state index in [1.54, 1.807) is 13.8 Å². The molecule has 12 heteroatoms. The van der Waals surface area contributed by atoms with E-state index in [4.69, 9.17) is 15.9 Å². The number of imide groups is 2. The highest BCUT2D eigenvalue weighted by Crippen LogP contribution is 2.48. The Labute approximate surface area is 228 Å². The van der Waals surface area contributed by atoms with Crippen LogP contribution >= 0.6 is 23.5 Å². The quantitative estimate of drug-likeness (QED) is 0.329. The number of amides is 4. The summed E-state index contributed by atoms with van der Waals surface area (Å²) in [5.74, 6) is 0.190. The van der Waals surface area contributed by atoms with Crippen LogP contribution in [-0.4, -0.2) is 79.8 Å². The van der Waals surface area contributed by atoms with Gasteiger partial charge in [0.2, 0.25) is 11.8 Å². The number of hydrogen-bond acceptors (Lipinski definition) is 10. The lowest BCUT2D eigenvalue weighted by Crippen LogP contribution is -2.43. The van der Waals surface area contributed by atoms with Gasteiger partial charge in [-0.15, -0.1) is 12.3 Å². The normalized spacial score (nSPS) is 24.2. The van der Waals surface area contributed by atoms with Crippen LogP contribution in [0.15, 0.2) is 18.2 Å². The van der Waals surface area contributed by atoms with E-state index in [2.05, 4.69) is 5.92 Å². The molecular formula is C26H26N2O8S2. The molecule has 0 aromatic heterocycles. The third-order valence-corrected chi connectivity index (χ3v) is 9.06. The highest BCUT2D eigenvalue weighted by Gasteiger charge is 2.56.